The maximum Gasteiger partial charge on any atom is 0.263 e. The minimum atomic E-state index is -0.279. The van der Waals surface area contributed by atoms with E-state index < -0.39 is 0 Å². The van der Waals surface area contributed by atoms with Crippen LogP contribution in [0.1, 0.15) is 6.92 Å². The number of allylic oxidation sites excluding steroid dienone is 1. The second-order valence-electron chi connectivity index (χ2n) is 5.18. The molecule has 0 amide bonds. The molecule has 6 heteroatoms. The third kappa shape index (κ3) is 3.14. The molecule has 0 bridgehead atoms. The van der Waals surface area contributed by atoms with Crippen LogP contribution in [-0.4, -0.2) is 14.8 Å². The van der Waals surface area contributed by atoms with Crippen molar-refractivity contribution in [1.29, 1.82) is 5.26 Å². The molecule has 3 aromatic rings. The molecule has 0 aliphatic rings. The average molecular weight is 353 g/mol. The highest BCUT2D eigenvalue weighted by atomic mass is 32.2. The van der Waals surface area contributed by atoms with Crippen molar-refractivity contribution in [2.24, 2.45) is 0 Å². The number of benzene rings is 1. The maximum absolute atomic E-state index is 12.8. The molecular formula is C18H15N3OS2. The monoisotopic (exact) mass is 353 g/mol. The lowest BCUT2D eigenvalue weighted by Gasteiger charge is -2.10. The van der Waals surface area contributed by atoms with Gasteiger partial charge in [-0.05, 0) is 18.6 Å². The molecule has 0 spiro atoms. The smallest absolute Gasteiger partial charge is 0.263 e. The van der Waals surface area contributed by atoms with Gasteiger partial charge in [0.05, 0.1) is 16.7 Å². The fourth-order valence-corrected chi connectivity index (χ4v) is 4.19. The standard InChI is InChI=1S/C18H15N3OS2/c1-3-9-21-17(22)14-10-15(13-7-5-4-6-8-13)24-16(14)20-18(21)23-12(2)11-19/h3-8,10,12H,1,9H2,2H3. The quantitative estimate of drug-likeness (QED) is 0.389. The third-order valence-corrected chi connectivity index (χ3v) is 5.51. The fraction of sp³-hybridized carbons (Fsp3) is 0.167. The van der Waals surface area contributed by atoms with Crippen LogP contribution in [-0.2, 0) is 6.54 Å². The van der Waals surface area contributed by atoms with Crippen LogP contribution in [0, 0.1) is 11.3 Å². The molecule has 1 atom stereocenters. The summed E-state index contributed by atoms with van der Waals surface area (Å²) in [7, 11) is 0. The van der Waals surface area contributed by atoms with E-state index in [1.807, 2.05) is 36.4 Å². The van der Waals surface area contributed by atoms with Crippen LogP contribution >= 0.6 is 23.1 Å². The molecule has 0 saturated heterocycles. The molecule has 1 aromatic carbocycles. The Bertz CT molecular complexity index is 983. The van der Waals surface area contributed by atoms with E-state index in [9.17, 15) is 4.79 Å². The van der Waals surface area contributed by atoms with Gasteiger partial charge in [-0.1, -0.05) is 48.2 Å². The van der Waals surface area contributed by atoms with Gasteiger partial charge in [0.1, 0.15) is 4.83 Å². The zero-order valence-corrected chi connectivity index (χ0v) is 14.7. The number of rotatable bonds is 5. The molecule has 0 saturated carbocycles. The van der Waals surface area contributed by atoms with Gasteiger partial charge in [-0.2, -0.15) is 5.26 Å². The van der Waals surface area contributed by atoms with E-state index in [0.717, 1.165) is 10.4 Å². The van der Waals surface area contributed by atoms with E-state index in [0.29, 0.717) is 21.9 Å². The van der Waals surface area contributed by atoms with Crippen LogP contribution < -0.4 is 5.56 Å². The summed E-state index contributed by atoms with van der Waals surface area (Å²) in [4.78, 5) is 19.2. The number of fused-ring (bicyclic) bond motifs is 1. The van der Waals surface area contributed by atoms with Crippen molar-refractivity contribution in [2.45, 2.75) is 23.9 Å². The second kappa shape index (κ2) is 7.04. The van der Waals surface area contributed by atoms with Crippen LogP contribution in [0.5, 0.6) is 0 Å². The van der Waals surface area contributed by atoms with E-state index in [4.69, 9.17) is 5.26 Å². The van der Waals surface area contributed by atoms with Crippen molar-refractivity contribution in [1.82, 2.24) is 9.55 Å². The van der Waals surface area contributed by atoms with Gasteiger partial charge in [-0.25, -0.2) is 4.98 Å². The first-order chi connectivity index (χ1) is 11.6. The Morgan fingerprint density at radius 1 is 1.46 bits per heavy atom. The van der Waals surface area contributed by atoms with Gasteiger partial charge < -0.3 is 0 Å². The van der Waals surface area contributed by atoms with E-state index in [1.54, 1.807) is 17.6 Å². The average Bonchev–Trinajstić information content (AvgIpc) is 3.03. The van der Waals surface area contributed by atoms with E-state index in [1.165, 1.54) is 23.1 Å². The van der Waals surface area contributed by atoms with Crippen molar-refractivity contribution >= 4 is 33.3 Å². The van der Waals surface area contributed by atoms with Gasteiger partial charge in [0.25, 0.3) is 5.56 Å². The number of nitriles is 1. The molecule has 0 radical (unpaired) electrons. The SMILES string of the molecule is C=CCn1c(SC(C)C#N)nc2sc(-c3ccccc3)cc2c1=O. The first kappa shape index (κ1) is 16.5. The molecular weight excluding hydrogens is 338 g/mol. The number of aromatic nitrogens is 2. The first-order valence-electron chi connectivity index (χ1n) is 7.41. The Hall–Kier alpha value is -2.36. The Morgan fingerprint density at radius 2 is 2.21 bits per heavy atom. The van der Waals surface area contributed by atoms with Crippen molar-refractivity contribution < 1.29 is 0 Å². The van der Waals surface area contributed by atoms with E-state index in [-0.39, 0.29) is 10.8 Å². The van der Waals surface area contributed by atoms with Gasteiger partial charge in [-0.15, -0.1) is 17.9 Å². The van der Waals surface area contributed by atoms with Crippen LogP contribution in [0.2, 0.25) is 0 Å². The van der Waals surface area contributed by atoms with Crippen molar-refractivity contribution in [3.05, 3.63) is 59.4 Å². The summed E-state index contributed by atoms with van der Waals surface area (Å²) in [6, 6.07) is 14.0. The van der Waals surface area contributed by atoms with E-state index >= 15 is 0 Å². The highest BCUT2D eigenvalue weighted by molar-refractivity contribution is 8.00. The minimum Gasteiger partial charge on any atom is -0.283 e. The molecule has 1 unspecified atom stereocenters. The predicted octanol–water partition coefficient (Wildman–Crippen LogP) is 4.32. The number of nitrogens with zero attached hydrogens (tertiary/aromatic N) is 3. The lowest BCUT2D eigenvalue weighted by molar-refractivity contribution is 0.672. The zero-order valence-electron chi connectivity index (χ0n) is 13.1. The summed E-state index contributed by atoms with van der Waals surface area (Å²) in [5.74, 6) is 0. The predicted molar refractivity (Wildman–Crippen MR) is 100 cm³/mol. The summed E-state index contributed by atoms with van der Waals surface area (Å²) in [6.07, 6.45) is 1.67. The summed E-state index contributed by atoms with van der Waals surface area (Å²) in [6.45, 7) is 5.88. The highest BCUT2D eigenvalue weighted by Crippen LogP contribution is 2.32. The molecule has 24 heavy (non-hydrogen) atoms. The summed E-state index contributed by atoms with van der Waals surface area (Å²) < 4.78 is 1.58. The molecule has 0 aliphatic heterocycles. The molecule has 2 aromatic heterocycles. The molecule has 4 nitrogen and oxygen atoms in total. The van der Waals surface area contributed by atoms with Crippen LogP contribution in [0.25, 0.3) is 20.7 Å². The molecule has 120 valence electrons. The molecule has 0 aliphatic carbocycles. The molecule has 2 heterocycles. The minimum absolute atomic E-state index is 0.0917. The van der Waals surface area contributed by atoms with Crippen LogP contribution in [0.15, 0.2) is 59.0 Å². The lowest BCUT2D eigenvalue weighted by Crippen LogP contribution is -2.22. The number of thiophene rings is 1. The van der Waals surface area contributed by atoms with Gasteiger partial charge >= 0.3 is 0 Å². The molecule has 0 fully saturated rings. The Morgan fingerprint density at radius 3 is 2.88 bits per heavy atom. The topological polar surface area (TPSA) is 58.7 Å². The van der Waals surface area contributed by atoms with Gasteiger partial charge in [0.15, 0.2) is 5.16 Å². The third-order valence-electron chi connectivity index (χ3n) is 3.45. The lowest BCUT2D eigenvalue weighted by atomic mass is 10.2. The first-order valence-corrected chi connectivity index (χ1v) is 9.10. The number of hydrogen-bond acceptors (Lipinski definition) is 5. The second-order valence-corrected chi connectivity index (χ2v) is 7.52. The Labute approximate surface area is 148 Å². The van der Waals surface area contributed by atoms with Crippen molar-refractivity contribution in [3.63, 3.8) is 0 Å². The molecule has 0 N–H and O–H groups in total. The zero-order chi connectivity index (χ0) is 17.1. The molecule has 3 rings (SSSR count). The summed E-state index contributed by atoms with van der Waals surface area (Å²) in [5, 5.41) is 9.93. The largest absolute Gasteiger partial charge is 0.283 e. The van der Waals surface area contributed by atoms with Gasteiger partial charge in [-0.3, -0.25) is 9.36 Å². The van der Waals surface area contributed by atoms with Crippen LogP contribution in [0.3, 0.4) is 0 Å². The van der Waals surface area contributed by atoms with Crippen molar-refractivity contribution in [3.8, 4) is 16.5 Å². The van der Waals surface area contributed by atoms with Gasteiger partial charge in [0.2, 0.25) is 0 Å². The van der Waals surface area contributed by atoms with E-state index in [2.05, 4.69) is 17.6 Å². The fourth-order valence-electron chi connectivity index (χ4n) is 2.31. The van der Waals surface area contributed by atoms with Crippen LogP contribution in [0.4, 0.5) is 0 Å². The summed E-state index contributed by atoms with van der Waals surface area (Å²) >= 11 is 2.79. The van der Waals surface area contributed by atoms with Crippen molar-refractivity contribution in [2.75, 3.05) is 0 Å². The number of hydrogen-bond donors (Lipinski definition) is 0. The Balaban J connectivity index is 2.19. The highest BCUT2D eigenvalue weighted by Gasteiger charge is 2.16. The number of thioether (sulfide) groups is 1. The Kier molecular flexibility index (Phi) is 4.84. The summed E-state index contributed by atoms with van der Waals surface area (Å²) in [5.41, 5.74) is 0.973. The maximum atomic E-state index is 12.8. The normalized spacial score (nSPS) is 12.0. The van der Waals surface area contributed by atoms with Gasteiger partial charge in [0, 0.05) is 11.4 Å².